The number of aromatic nitrogens is 2. The van der Waals surface area contributed by atoms with Crippen LogP contribution in [0.2, 0.25) is 0 Å². The topological polar surface area (TPSA) is 96.4 Å². The van der Waals surface area contributed by atoms with E-state index in [1.54, 1.807) is 6.20 Å². The smallest absolute Gasteiger partial charge is 0.307 e. The molecule has 0 spiro atoms. The van der Waals surface area contributed by atoms with E-state index in [9.17, 15) is 4.79 Å². The summed E-state index contributed by atoms with van der Waals surface area (Å²) in [4.78, 5) is 11.1. The summed E-state index contributed by atoms with van der Waals surface area (Å²) >= 11 is 0. The van der Waals surface area contributed by atoms with Crippen molar-refractivity contribution in [2.45, 2.75) is 31.9 Å². The summed E-state index contributed by atoms with van der Waals surface area (Å²) in [6, 6.07) is 18.1. The first kappa shape index (κ1) is 20.8. The number of carbonyl (C=O) groups is 1. The zero-order valence-corrected chi connectivity index (χ0v) is 17.4. The second kappa shape index (κ2) is 9.57. The number of nitrogens with zero attached hydrogens (tertiary/aromatic N) is 2. The maximum atomic E-state index is 11.1. The largest absolute Gasteiger partial charge is 0.481 e. The van der Waals surface area contributed by atoms with Crippen LogP contribution in [0.5, 0.6) is 5.88 Å². The number of rotatable bonds is 8. The zero-order valence-electron chi connectivity index (χ0n) is 17.4. The fourth-order valence-corrected chi connectivity index (χ4v) is 3.85. The van der Waals surface area contributed by atoms with Crippen molar-refractivity contribution in [1.29, 1.82) is 0 Å². The molecule has 0 amide bonds. The second-order valence-electron chi connectivity index (χ2n) is 7.71. The Bertz CT molecular complexity index is 1040. The van der Waals surface area contributed by atoms with E-state index in [2.05, 4.69) is 39.0 Å². The van der Waals surface area contributed by atoms with Gasteiger partial charge in [-0.05, 0) is 48.2 Å². The molecule has 7 nitrogen and oxygen atoms in total. The molecule has 2 atom stereocenters. The van der Waals surface area contributed by atoms with Gasteiger partial charge in [0.1, 0.15) is 11.8 Å². The van der Waals surface area contributed by atoms with Crippen molar-refractivity contribution in [3.8, 4) is 5.88 Å². The Morgan fingerprint density at radius 2 is 2.10 bits per heavy atom. The lowest BCUT2D eigenvalue weighted by Gasteiger charge is -2.33. The number of carboxylic acids is 1. The average Bonchev–Trinajstić information content (AvgIpc) is 2.79. The van der Waals surface area contributed by atoms with Gasteiger partial charge in [-0.2, -0.15) is 5.10 Å². The van der Waals surface area contributed by atoms with Crippen LogP contribution < -0.4 is 15.4 Å². The first-order valence-corrected chi connectivity index (χ1v) is 10.4. The monoisotopic (exact) mass is 418 g/mol. The number of ether oxygens (including phenoxy) is 1. The zero-order chi connectivity index (χ0) is 21.6. The van der Waals surface area contributed by atoms with Crippen molar-refractivity contribution in [2.24, 2.45) is 0 Å². The molecule has 0 unspecified atom stereocenters. The normalized spacial score (nSPS) is 16.0. The minimum Gasteiger partial charge on any atom is -0.481 e. The summed E-state index contributed by atoms with van der Waals surface area (Å²) < 4.78 is 6.17. The van der Waals surface area contributed by atoms with Crippen molar-refractivity contribution in [3.05, 3.63) is 83.0 Å². The molecule has 1 aliphatic rings. The maximum absolute atomic E-state index is 11.1. The van der Waals surface area contributed by atoms with Crippen LogP contribution in [-0.4, -0.2) is 40.5 Å². The Morgan fingerprint density at radius 3 is 2.90 bits per heavy atom. The van der Waals surface area contributed by atoms with Gasteiger partial charge in [0.2, 0.25) is 0 Å². The van der Waals surface area contributed by atoms with Crippen LogP contribution in [-0.2, 0) is 17.6 Å². The van der Waals surface area contributed by atoms with E-state index in [-0.39, 0.29) is 18.6 Å². The van der Waals surface area contributed by atoms with Gasteiger partial charge in [-0.25, -0.2) is 0 Å². The Kier molecular flexibility index (Phi) is 6.43. The molecule has 2 aromatic carbocycles. The van der Waals surface area contributed by atoms with E-state index in [1.165, 1.54) is 0 Å². The number of nitrogens with one attached hydrogen (secondary N) is 2. The third-order valence-electron chi connectivity index (χ3n) is 5.51. The summed E-state index contributed by atoms with van der Waals surface area (Å²) in [5.41, 5.74) is 4.96. The predicted octanol–water partition coefficient (Wildman–Crippen LogP) is 3.16. The number of fused-ring (bicyclic) bond motifs is 1. The molecule has 0 aliphatic carbocycles. The van der Waals surface area contributed by atoms with Crippen LogP contribution in [0.3, 0.4) is 0 Å². The molecule has 1 aliphatic heterocycles. The third kappa shape index (κ3) is 5.19. The Morgan fingerprint density at radius 1 is 1.26 bits per heavy atom. The van der Waals surface area contributed by atoms with Crippen molar-refractivity contribution < 1.29 is 14.6 Å². The molecule has 2 heterocycles. The fourth-order valence-electron chi connectivity index (χ4n) is 3.85. The van der Waals surface area contributed by atoms with E-state index in [0.29, 0.717) is 12.4 Å². The first-order chi connectivity index (χ1) is 15.1. The molecule has 1 aromatic heterocycles. The van der Waals surface area contributed by atoms with Gasteiger partial charge in [0, 0.05) is 0 Å². The molecule has 3 N–H and O–H groups in total. The van der Waals surface area contributed by atoms with Crippen LogP contribution in [0.4, 0.5) is 5.69 Å². The lowest BCUT2D eigenvalue weighted by Crippen LogP contribution is -2.43. The van der Waals surface area contributed by atoms with Crippen LogP contribution >= 0.6 is 0 Å². The van der Waals surface area contributed by atoms with Gasteiger partial charge >= 0.3 is 5.97 Å². The van der Waals surface area contributed by atoms with Crippen molar-refractivity contribution in [3.63, 3.8) is 0 Å². The van der Waals surface area contributed by atoms with Crippen LogP contribution in [0.25, 0.3) is 0 Å². The number of carboxylic acid groups (broad SMARTS) is 1. The summed E-state index contributed by atoms with van der Waals surface area (Å²) in [5.74, 6) is -0.300. The van der Waals surface area contributed by atoms with Gasteiger partial charge < -0.3 is 20.5 Å². The molecule has 0 saturated heterocycles. The summed E-state index contributed by atoms with van der Waals surface area (Å²) in [5, 5.41) is 24.2. The summed E-state index contributed by atoms with van der Waals surface area (Å²) in [6.45, 7) is 3.32. The van der Waals surface area contributed by atoms with E-state index >= 15 is 0 Å². The van der Waals surface area contributed by atoms with Gasteiger partial charge in [0.25, 0.3) is 5.88 Å². The van der Waals surface area contributed by atoms with E-state index < -0.39 is 5.97 Å². The molecule has 0 fully saturated rings. The highest BCUT2D eigenvalue weighted by Gasteiger charge is 2.29. The van der Waals surface area contributed by atoms with Crippen molar-refractivity contribution >= 4 is 11.7 Å². The highest BCUT2D eigenvalue weighted by atomic mass is 16.5. The Balaban J connectivity index is 1.46. The van der Waals surface area contributed by atoms with Crippen LogP contribution in [0.1, 0.15) is 28.3 Å². The third-order valence-corrected chi connectivity index (χ3v) is 5.51. The molecule has 31 heavy (non-hydrogen) atoms. The highest BCUT2D eigenvalue weighted by molar-refractivity contribution is 5.70. The number of benzene rings is 2. The first-order valence-electron chi connectivity index (χ1n) is 10.4. The molecule has 160 valence electrons. The minimum absolute atomic E-state index is 0.0344. The molecule has 7 heteroatoms. The summed E-state index contributed by atoms with van der Waals surface area (Å²) in [6.07, 6.45) is 2.32. The maximum Gasteiger partial charge on any atom is 0.307 e. The van der Waals surface area contributed by atoms with Gasteiger partial charge in [-0.3, -0.25) is 4.79 Å². The SMILES string of the molecule is Cc1ccc(CCN[C@H](c2ccccc2)[C@H]2CNc3ccnnc3O2)cc1CC(=O)O. The minimum atomic E-state index is -0.812. The highest BCUT2D eigenvalue weighted by Crippen LogP contribution is 2.30. The van der Waals surface area contributed by atoms with E-state index in [1.807, 2.05) is 43.3 Å². The number of aliphatic carboxylic acids is 1. The molecule has 0 bridgehead atoms. The number of hydrogen-bond acceptors (Lipinski definition) is 6. The lowest BCUT2D eigenvalue weighted by atomic mass is 9.98. The van der Waals surface area contributed by atoms with Gasteiger partial charge in [-0.15, -0.1) is 5.10 Å². The predicted molar refractivity (Wildman–Crippen MR) is 118 cm³/mol. The molecule has 0 radical (unpaired) electrons. The molecule has 3 aromatic rings. The summed E-state index contributed by atoms with van der Waals surface area (Å²) in [7, 11) is 0. The van der Waals surface area contributed by atoms with E-state index in [4.69, 9.17) is 9.84 Å². The number of hydrogen-bond donors (Lipinski definition) is 3. The molecular weight excluding hydrogens is 392 g/mol. The Labute approximate surface area is 181 Å². The van der Waals surface area contributed by atoms with Gasteiger partial charge in [0.15, 0.2) is 0 Å². The van der Waals surface area contributed by atoms with Gasteiger partial charge in [0.05, 0.1) is 25.2 Å². The number of anilines is 1. The Hall–Kier alpha value is -3.45. The fraction of sp³-hybridized carbons (Fsp3) is 0.292. The van der Waals surface area contributed by atoms with Crippen LogP contribution in [0.15, 0.2) is 60.8 Å². The van der Waals surface area contributed by atoms with Crippen LogP contribution in [0, 0.1) is 6.92 Å². The standard InChI is InChI=1S/C24H26N4O3/c1-16-7-8-17(13-19(16)14-22(29)30)9-11-25-23(18-5-3-2-4-6-18)21-15-26-20-10-12-27-28-24(20)31-21/h2-8,10,12-13,21,23,25-26H,9,11,14-15H2,1H3,(H,29,30)/t21-,23-/m1/s1. The quantitative estimate of drug-likeness (QED) is 0.517. The average molecular weight is 418 g/mol. The van der Waals surface area contributed by atoms with Crippen molar-refractivity contribution in [2.75, 3.05) is 18.4 Å². The molecular formula is C24H26N4O3. The van der Waals surface area contributed by atoms with E-state index in [0.717, 1.165) is 40.9 Å². The number of aryl methyl sites for hydroxylation is 1. The van der Waals surface area contributed by atoms with Crippen molar-refractivity contribution in [1.82, 2.24) is 15.5 Å². The molecule has 0 saturated carbocycles. The van der Waals surface area contributed by atoms with Gasteiger partial charge in [-0.1, -0.05) is 48.5 Å². The molecule has 4 rings (SSSR count). The lowest BCUT2D eigenvalue weighted by molar-refractivity contribution is -0.136. The second-order valence-corrected chi connectivity index (χ2v) is 7.71.